The molecule has 0 aliphatic rings. The zero-order valence-electron chi connectivity index (χ0n) is 12.6. The van der Waals surface area contributed by atoms with Crippen LogP contribution < -0.4 is 5.32 Å². The van der Waals surface area contributed by atoms with Crippen LogP contribution in [0.2, 0.25) is 0 Å². The largest absolute Gasteiger partial charge is 0.469 e. The van der Waals surface area contributed by atoms with Gasteiger partial charge >= 0.3 is 5.97 Å². The number of methoxy groups -OCH3 is 1. The number of nitrogens with one attached hydrogen (secondary N) is 1. The maximum atomic E-state index is 11.8. The van der Waals surface area contributed by atoms with E-state index >= 15 is 0 Å². The zero-order chi connectivity index (χ0) is 15.5. The summed E-state index contributed by atoms with van der Waals surface area (Å²) in [5.41, 5.74) is 0. The molecule has 0 radical (unpaired) electrons. The average molecular weight is 304 g/mol. The van der Waals surface area contributed by atoms with E-state index < -0.39 is 0 Å². The second-order valence-electron chi connectivity index (χ2n) is 4.50. The lowest BCUT2D eigenvalue weighted by Crippen LogP contribution is -2.39. The number of nitrogens with zero attached hydrogens (tertiary/aromatic N) is 1. The Hall–Kier alpha value is -1.24. The number of rotatable bonds is 9. The molecule has 0 aromatic carbocycles. The summed E-state index contributed by atoms with van der Waals surface area (Å²) < 4.78 is 4.56. The van der Waals surface area contributed by atoms with Crippen molar-refractivity contribution in [3.63, 3.8) is 0 Å². The fourth-order valence-electron chi connectivity index (χ4n) is 1.32. The summed E-state index contributed by atoms with van der Waals surface area (Å²) in [6.07, 6.45) is 1.14. The molecule has 0 bridgehead atoms. The van der Waals surface area contributed by atoms with Gasteiger partial charge in [0, 0.05) is 18.8 Å². The van der Waals surface area contributed by atoms with E-state index in [0.717, 1.165) is 6.42 Å². The van der Waals surface area contributed by atoms with E-state index in [4.69, 9.17) is 0 Å². The van der Waals surface area contributed by atoms with Crippen molar-refractivity contribution in [2.24, 2.45) is 0 Å². The minimum absolute atomic E-state index is 0.00807. The number of hydrogen-bond acceptors (Lipinski definition) is 5. The van der Waals surface area contributed by atoms with Gasteiger partial charge in [0.1, 0.15) is 0 Å². The Balaban J connectivity index is 3.95. The van der Waals surface area contributed by atoms with Crippen LogP contribution in [0.15, 0.2) is 0 Å². The third-order valence-corrected chi connectivity index (χ3v) is 3.70. The third-order valence-electron chi connectivity index (χ3n) is 2.55. The molecule has 116 valence electrons. The Bertz CT molecular complexity index is 336. The van der Waals surface area contributed by atoms with Crippen LogP contribution >= 0.6 is 11.8 Å². The van der Waals surface area contributed by atoms with Gasteiger partial charge < -0.3 is 15.0 Å². The molecule has 0 saturated carbocycles. The summed E-state index contributed by atoms with van der Waals surface area (Å²) in [6.45, 7) is 4.51. The van der Waals surface area contributed by atoms with E-state index in [1.165, 1.54) is 23.8 Å². The Kier molecular flexibility index (Phi) is 9.88. The Morgan fingerprint density at radius 3 is 2.55 bits per heavy atom. The number of esters is 1. The molecule has 0 fully saturated rings. The second kappa shape index (κ2) is 10.5. The molecule has 0 aromatic rings. The lowest BCUT2D eigenvalue weighted by atomic mass is 10.3. The molecule has 2 amide bonds. The van der Waals surface area contributed by atoms with Gasteiger partial charge in [-0.15, -0.1) is 11.8 Å². The fourth-order valence-corrected chi connectivity index (χ4v) is 2.23. The van der Waals surface area contributed by atoms with E-state index in [-0.39, 0.29) is 41.8 Å². The third kappa shape index (κ3) is 8.79. The van der Waals surface area contributed by atoms with Crippen molar-refractivity contribution < 1.29 is 19.1 Å². The second-order valence-corrected chi connectivity index (χ2v) is 5.93. The molecule has 0 saturated heterocycles. The van der Waals surface area contributed by atoms with Crippen molar-refractivity contribution in [3.05, 3.63) is 0 Å². The Labute approximate surface area is 124 Å². The molecule has 20 heavy (non-hydrogen) atoms. The molecule has 0 aliphatic heterocycles. The van der Waals surface area contributed by atoms with Gasteiger partial charge in [0.05, 0.1) is 25.8 Å². The monoisotopic (exact) mass is 304 g/mol. The zero-order valence-corrected chi connectivity index (χ0v) is 13.4. The number of thioether (sulfide) groups is 1. The van der Waals surface area contributed by atoms with E-state index in [2.05, 4.69) is 10.1 Å². The van der Waals surface area contributed by atoms with Crippen molar-refractivity contribution >= 4 is 29.5 Å². The SMILES string of the molecule is CCCNC(=O)CN(C)C(=O)CSC(C)CC(=O)OC. The molecule has 1 N–H and O–H groups in total. The van der Waals surface area contributed by atoms with Gasteiger partial charge in [-0.3, -0.25) is 14.4 Å². The molecule has 6 nitrogen and oxygen atoms in total. The normalized spacial score (nSPS) is 11.6. The van der Waals surface area contributed by atoms with Crippen LogP contribution in [0, 0.1) is 0 Å². The summed E-state index contributed by atoms with van der Waals surface area (Å²) in [6, 6.07) is 0. The minimum atomic E-state index is -0.287. The number of amides is 2. The Morgan fingerprint density at radius 1 is 1.35 bits per heavy atom. The lowest BCUT2D eigenvalue weighted by molar-refractivity contribution is -0.140. The predicted molar refractivity (Wildman–Crippen MR) is 79.5 cm³/mol. The van der Waals surface area contributed by atoms with E-state index in [9.17, 15) is 14.4 Å². The van der Waals surface area contributed by atoms with Gasteiger partial charge in [-0.05, 0) is 6.42 Å². The summed E-state index contributed by atoms with van der Waals surface area (Å²) in [5.74, 6) is -0.325. The first-order valence-corrected chi connectivity index (χ1v) is 7.64. The standard InChI is InChI=1S/C13H24N2O4S/c1-5-6-14-11(16)8-15(3)12(17)9-20-10(2)7-13(18)19-4/h10H,5-9H2,1-4H3,(H,14,16). The van der Waals surface area contributed by atoms with Crippen molar-refractivity contribution in [2.75, 3.05) is 33.0 Å². The molecular weight excluding hydrogens is 280 g/mol. The highest BCUT2D eigenvalue weighted by Crippen LogP contribution is 2.14. The minimum Gasteiger partial charge on any atom is -0.469 e. The highest BCUT2D eigenvalue weighted by Gasteiger charge is 2.16. The molecule has 0 aliphatic carbocycles. The quantitative estimate of drug-likeness (QED) is 0.633. The van der Waals surface area contributed by atoms with Gasteiger partial charge in [0.25, 0.3) is 0 Å². The molecule has 0 heterocycles. The molecule has 0 rings (SSSR count). The van der Waals surface area contributed by atoms with Crippen LogP contribution in [0.1, 0.15) is 26.7 Å². The molecule has 1 unspecified atom stereocenters. The van der Waals surface area contributed by atoms with Crippen molar-refractivity contribution in [2.45, 2.75) is 31.9 Å². The number of likely N-dealkylation sites (N-methyl/N-ethyl adjacent to an activating group) is 1. The first kappa shape index (κ1) is 18.8. The molecule has 1 atom stereocenters. The summed E-state index contributed by atoms with van der Waals surface area (Å²) in [4.78, 5) is 35.7. The van der Waals surface area contributed by atoms with E-state index in [0.29, 0.717) is 6.54 Å². The Morgan fingerprint density at radius 2 is 2.00 bits per heavy atom. The number of carbonyl (C=O) groups excluding carboxylic acids is 3. The molecular formula is C13H24N2O4S. The summed E-state index contributed by atoms with van der Waals surface area (Å²) >= 11 is 1.38. The van der Waals surface area contributed by atoms with Gasteiger partial charge in [0.2, 0.25) is 11.8 Å². The van der Waals surface area contributed by atoms with Crippen LogP contribution in [0.3, 0.4) is 0 Å². The number of carbonyl (C=O) groups is 3. The first-order valence-electron chi connectivity index (χ1n) is 6.59. The topological polar surface area (TPSA) is 75.7 Å². The van der Waals surface area contributed by atoms with Crippen LogP contribution in [0.4, 0.5) is 0 Å². The summed E-state index contributed by atoms with van der Waals surface area (Å²) in [5, 5.41) is 2.72. The summed E-state index contributed by atoms with van der Waals surface area (Å²) in [7, 11) is 2.94. The highest BCUT2D eigenvalue weighted by molar-refractivity contribution is 8.00. The highest BCUT2D eigenvalue weighted by atomic mass is 32.2. The predicted octanol–water partition coefficient (Wildman–Crippen LogP) is 0.656. The maximum Gasteiger partial charge on any atom is 0.306 e. The number of hydrogen-bond donors (Lipinski definition) is 1. The van der Waals surface area contributed by atoms with Crippen molar-refractivity contribution in [1.29, 1.82) is 0 Å². The van der Waals surface area contributed by atoms with Gasteiger partial charge in [-0.25, -0.2) is 0 Å². The smallest absolute Gasteiger partial charge is 0.306 e. The van der Waals surface area contributed by atoms with Crippen LogP contribution in [0.25, 0.3) is 0 Å². The molecule has 0 aromatic heterocycles. The molecule has 0 spiro atoms. The van der Waals surface area contributed by atoms with Gasteiger partial charge in [-0.1, -0.05) is 13.8 Å². The first-order chi connectivity index (χ1) is 9.40. The van der Waals surface area contributed by atoms with Crippen molar-refractivity contribution in [1.82, 2.24) is 10.2 Å². The van der Waals surface area contributed by atoms with Crippen LogP contribution in [0.5, 0.6) is 0 Å². The van der Waals surface area contributed by atoms with Gasteiger partial charge in [0.15, 0.2) is 0 Å². The van der Waals surface area contributed by atoms with Crippen LogP contribution in [-0.4, -0.2) is 60.9 Å². The fraction of sp³-hybridized carbons (Fsp3) is 0.769. The average Bonchev–Trinajstić information content (AvgIpc) is 2.42. The maximum absolute atomic E-state index is 11.8. The van der Waals surface area contributed by atoms with Crippen LogP contribution in [-0.2, 0) is 19.1 Å². The van der Waals surface area contributed by atoms with E-state index in [1.54, 1.807) is 7.05 Å². The van der Waals surface area contributed by atoms with E-state index in [1.807, 2.05) is 13.8 Å². The van der Waals surface area contributed by atoms with Crippen molar-refractivity contribution in [3.8, 4) is 0 Å². The lowest BCUT2D eigenvalue weighted by Gasteiger charge is -2.17. The molecule has 7 heteroatoms. The van der Waals surface area contributed by atoms with Gasteiger partial charge in [-0.2, -0.15) is 0 Å². The number of ether oxygens (including phenoxy) is 1.